The lowest BCUT2D eigenvalue weighted by Gasteiger charge is -2.13. The lowest BCUT2D eigenvalue weighted by Crippen LogP contribution is -2.17. The van der Waals surface area contributed by atoms with Crippen LogP contribution in [0.1, 0.15) is 38.2 Å². The molecule has 1 aliphatic heterocycles. The van der Waals surface area contributed by atoms with Crippen molar-refractivity contribution >= 4 is 5.71 Å². The topological polar surface area (TPSA) is 68.1 Å². The van der Waals surface area contributed by atoms with Crippen LogP contribution < -0.4 is 0 Å². The molecule has 6 heteroatoms. The Bertz CT molecular complexity index is 954. The second-order valence-corrected chi connectivity index (χ2v) is 6.91. The second-order valence-electron chi connectivity index (χ2n) is 6.91. The molecule has 0 unspecified atom stereocenters. The van der Waals surface area contributed by atoms with Crippen LogP contribution in [0.3, 0.4) is 0 Å². The highest BCUT2D eigenvalue weighted by atomic mass is 16.6. The maximum absolute atomic E-state index is 5.63. The molecule has 0 saturated carbocycles. The van der Waals surface area contributed by atoms with Gasteiger partial charge in [0.05, 0.1) is 30.0 Å². The minimum Gasteiger partial charge on any atom is -0.390 e. The monoisotopic (exact) mass is 363 g/mol. The molecule has 0 saturated heterocycles. The maximum atomic E-state index is 5.63. The van der Waals surface area contributed by atoms with E-state index in [9.17, 15) is 0 Å². The fraction of sp³-hybridized carbons (Fsp3) is 0.381. The Balaban J connectivity index is 1.75. The van der Waals surface area contributed by atoms with Crippen molar-refractivity contribution in [2.45, 2.75) is 52.7 Å². The molecule has 2 aromatic heterocycles. The van der Waals surface area contributed by atoms with E-state index in [1.54, 1.807) is 0 Å². The third kappa shape index (κ3) is 3.39. The molecule has 0 amide bonds. The molecule has 0 aliphatic carbocycles. The van der Waals surface area contributed by atoms with Crippen molar-refractivity contribution in [3.63, 3.8) is 0 Å². The zero-order valence-corrected chi connectivity index (χ0v) is 16.1. The predicted molar refractivity (Wildman–Crippen MR) is 107 cm³/mol. The highest BCUT2D eigenvalue weighted by Crippen LogP contribution is 2.33. The Labute approximate surface area is 159 Å². The van der Waals surface area contributed by atoms with Crippen molar-refractivity contribution < 1.29 is 4.84 Å². The zero-order chi connectivity index (χ0) is 18.8. The van der Waals surface area contributed by atoms with E-state index in [1.807, 2.05) is 24.5 Å². The third-order valence-corrected chi connectivity index (χ3v) is 4.98. The van der Waals surface area contributed by atoms with Gasteiger partial charge in [-0.1, -0.05) is 49.3 Å². The van der Waals surface area contributed by atoms with Gasteiger partial charge in [0.25, 0.3) is 0 Å². The summed E-state index contributed by atoms with van der Waals surface area (Å²) >= 11 is 0. The molecule has 1 aliphatic rings. The highest BCUT2D eigenvalue weighted by molar-refractivity contribution is 5.85. The largest absolute Gasteiger partial charge is 0.390 e. The summed E-state index contributed by atoms with van der Waals surface area (Å²) in [7, 11) is 0. The summed E-state index contributed by atoms with van der Waals surface area (Å²) in [5.41, 5.74) is 6.20. The van der Waals surface area contributed by atoms with Gasteiger partial charge >= 0.3 is 0 Å². The first-order chi connectivity index (χ1) is 13.2. The van der Waals surface area contributed by atoms with E-state index >= 15 is 0 Å². The smallest absolute Gasteiger partial charge is 0.150 e. The Kier molecular flexibility index (Phi) is 4.79. The van der Waals surface area contributed by atoms with Gasteiger partial charge in [0.1, 0.15) is 11.5 Å². The van der Waals surface area contributed by atoms with E-state index in [1.165, 1.54) is 0 Å². The van der Waals surface area contributed by atoms with E-state index in [4.69, 9.17) is 14.8 Å². The first-order valence-corrected chi connectivity index (χ1v) is 9.57. The van der Waals surface area contributed by atoms with E-state index in [-0.39, 0.29) is 6.10 Å². The molecule has 4 rings (SSSR count). The number of nitrogens with zero attached hydrogens (tertiary/aromatic N) is 4. The van der Waals surface area contributed by atoms with Crippen molar-refractivity contribution in [3.05, 3.63) is 48.2 Å². The van der Waals surface area contributed by atoms with Crippen LogP contribution in [-0.4, -0.2) is 31.3 Å². The van der Waals surface area contributed by atoms with Gasteiger partial charge in [0.2, 0.25) is 0 Å². The first-order valence-electron chi connectivity index (χ1n) is 9.57. The van der Waals surface area contributed by atoms with E-state index in [2.05, 4.69) is 47.6 Å². The van der Waals surface area contributed by atoms with E-state index in [0.29, 0.717) is 6.54 Å². The molecule has 0 fully saturated rings. The van der Waals surface area contributed by atoms with Crippen LogP contribution in [0.15, 0.2) is 41.8 Å². The molecule has 0 radical (unpaired) electrons. The Morgan fingerprint density at radius 1 is 1.15 bits per heavy atom. The van der Waals surface area contributed by atoms with Crippen molar-refractivity contribution in [1.82, 2.24) is 19.5 Å². The second kappa shape index (κ2) is 7.39. The number of aromatic amines is 1. The van der Waals surface area contributed by atoms with Gasteiger partial charge in [0.15, 0.2) is 6.10 Å². The molecule has 0 spiro atoms. The summed E-state index contributed by atoms with van der Waals surface area (Å²) in [5.74, 6) is 0.989. The molecule has 27 heavy (non-hydrogen) atoms. The molecular formula is C21H25N5O. The van der Waals surface area contributed by atoms with Crippen LogP contribution in [0.25, 0.3) is 22.6 Å². The number of rotatable bonds is 6. The highest BCUT2D eigenvalue weighted by Gasteiger charge is 2.25. The fourth-order valence-corrected chi connectivity index (χ4v) is 3.51. The minimum absolute atomic E-state index is 0.0430. The number of benzene rings is 1. The summed E-state index contributed by atoms with van der Waals surface area (Å²) in [5, 5.41) is 4.20. The number of H-pyrrole nitrogens is 1. The molecule has 1 atom stereocenters. The number of hydrogen-bond donors (Lipinski definition) is 1. The van der Waals surface area contributed by atoms with Gasteiger partial charge in [-0.15, -0.1) is 0 Å². The van der Waals surface area contributed by atoms with Crippen molar-refractivity contribution in [1.29, 1.82) is 0 Å². The standard InChI is InChI=1S/C21H25N5O/c1-4-16-11-17(27-25-16)12-26-13-22-20(15-9-7-6-8-10-15)21(26)19-14(3)23-18(5-2)24-19/h6-10,13,17H,4-5,11-12H2,1-3H3,(H,23,24)/t17-/m1/s1. The number of aryl methyl sites for hydroxylation is 2. The van der Waals surface area contributed by atoms with Crippen molar-refractivity contribution in [3.8, 4) is 22.6 Å². The number of oxime groups is 1. The Hall–Kier alpha value is -2.89. The SMILES string of the molecule is CCC1=NO[C@@H](Cn2cnc(-c3ccccc3)c2-c2nc(CC)[nH]c2C)C1. The van der Waals surface area contributed by atoms with Gasteiger partial charge < -0.3 is 14.4 Å². The molecule has 140 valence electrons. The van der Waals surface area contributed by atoms with Gasteiger partial charge in [-0.25, -0.2) is 9.97 Å². The molecule has 3 aromatic rings. The maximum Gasteiger partial charge on any atom is 0.150 e. The van der Waals surface area contributed by atoms with Crippen molar-refractivity contribution in [2.24, 2.45) is 5.16 Å². The summed E-state index contributed by atoms with van der Waals surface area (Å²) in [6.45, 7) is 6.99. The van der Waals surface area contributed by atoms with Crippen LogP contribution in [0.4, 0.5) is 0 Å². The van der Waals surface area contributed by atoms with Gasteiger partial charge in [-0.3, -0.25) is 0 Å². The van der Waals surface area contributed by atoms with Gasteiger partial charge in [-0.2, -0.15) is 0 Å². The summed E-state index contributed by atoms with van der Waals surface area (Å²) in [6.07, 6.45) is 4.61. The Morgan fingerprint density at radius 3 is 2.63 bits per heavy atom. The average molecular weight is 363 g/mol. The van der Waals surface area contributed by atoms with Gasteiger partial charge in [-0.05, 0) is 13.3 Å². The molecular weight excluding hydrogens is 338 g/mol. The number of imidazole rings is 2. The first kappa shape index (κ1) is 17.5. The number of hydrogen-bond acceptors (Lipinski definition) is 4. The number of nitrogens with one attached hydrogen (secondary N) is 1. The molecule has 1 N–H and O–H groups in total. The summed E-state index contributed by atoms with van der Waals surface area (Å²) < 4.78 is 2.16. The molecule has 0 bridgehead atoms. The molecule has 1 aromatic carbocycles. The van der Waals surface area contributed by atoms with E-state index in [0.717, 1.165) is 59.1 Å². The van der Waals surface area contributed by atoms with Crippen molar-refractivity contribution in [2.75, 3.05) is 0 Å². The molecule has 3 heterocycles. The lowest BCUT2D eigenvalue weighted by molar-refractivity contribution is 0.0728. The fourth-order valence-electron chi connectivity index (χ4n) is 3.51. The Morgan fingerprint density at radius 2 is 1.96 bits per heavy atom. The minimum atomic E-state index is 0.0430. The number of aromatic nitrogens is 4. The quantitative estimate of drug-likeness (QED) is 0.707. The lowest BCUT2D eigenvalue weighted by atomic mass is 10.1. The van der Waals surface area contributed by atoms with Crippen LogP contribution >= 0.6 is 0 Å². The average Bonchev–Trinajstić information content (AvgIpc) is 3.41. The third-order valence-electron chi connectivity index (χ3n) is 4.98. The van der Waals surface area contributed by atoms with Crippen LogP contribution in [-0.2, 0) is 17.8 Å². The van der Waals surface area contributed by atoms with E-state index < -0.39 is 0 Å². The van der Waals surface area contributed by atoms with Crippen LogP contribution in [0, 0.1) is 6.92 Å². The van der Waals surface area contributed by atoms with Crippen LogP contribution in [0.5, 0.6) is 0 Å². The zero-order valence-electron chi connectivity index (χ0n) is 16.1. The predicted octanol–water partition coefficient (Wildman–Crippen LogP) is 4.37. The van der Waals surface area contributed by atoms with Gasteiger partial charge in [0, 0.05) is 24.1 Å². The normalized spacial score (nSPS) is 16.4. The summed E-state index contributed by atoms with van der Waals surface area (Å²) in [6, 6.07) is 10.3. The summed E-state index contributed by atoms with van der Waals surface area (Å²) in [4.78, 5) is 18.6. The molecule has 6 nitrogen and oxygen atoms in total. The van der Waals surface area contributed by atoms with Crippen LogP contribution in [0.2, 0.25) is 0 Å².